The van der Waals surface area contributed by atoms with Gasteiger partial charge in [-0.1, -0.05) is 18.2 Å². The van der Waals surface area contributed by atoms with Gasteiger partial charge in [0.15, 0.2) is 0 Å². The Morgan fingerprint density at radius 3 is 2.73 bits per heavy atom. The average molecular weight is 314 g/mol. The molecule has 5 heteroatoms. The number of rotatable bonds is 6. The molecule has 22 heavy (non-hydrogen) atoms. The first-order valence-electron chi connectivity index (χ1n) is 7.15. The van der Waals surface area contributed by atoms with Crippen molar-refractivity contribution in [2.24, 2.45) is 0 Å². The molecule has 0 unspecified atom stereocenters. The van der Waals surface area contributed by atoms with Gasteiger partial charge in [-0.05, 0) is 36.2 Å². The third-order valence-electron chi connectivity index (χ3n) is 3.50. The Morgan fingerprint density at radius 2 is 2.00 bits per heavy atom. The monoisotopic (exact) mass is 314 g/mol. The van der Waals surface area contributed by atoms with E-state index in [1.54, 1.807) is 7.11 Å². The maximum atomic E-state index is 12.2. The Morgan fingerprint density at radius 1 is 1.18 bits per heavy atom. The summed E-state index contributed by atoms with van der Waals surface area (Å²) in [5, 5.41) is 0. The zero-order valence-electron chi connectivity index (χ0n) is 12.4. The predicted molar refractivity (Wildman–Crippen MR) is 88.6 cm³/mol. The van der Waals surface area contributed by atoms with Crippen LogP contribution in [0.3, 0.4) is 0 Å². The highest BCUT2D eigenvalue weighted by molar-refractivity contribution is 7.84. The smallest absolute Gasteiger partial charge is 0.137 e. The van der Waals surface area contributed by atoms with Gasteiger partial charge in [0.2, 0.25) is 0 Å². The van der Waals surface area contributed by atoms with Crippen molar-refractivity contribution in [1.29, 1.82) is 0 Å². The molecule has 4 nitrogen and oxygen atoms in total. The first kappa shape index (κ1) is 14.8. The molecule has 0 saturated heterocycles. The molecule has 0 aliphatic rings. The lowest BCUT2D eigenvalue weighted by atomic mass is 10.2. The molecule has 0 radical (unpaired) electrons. The van der Waals surface area contributed by atoms with Crippen LogP contribution in [-0.4, -0.2) is 26.5 Å². The summed E-state index contributed by atoms with van der Waals surface area (Å²) in [4.78, 5) is 4.48. The Hall–Kier alpha value is -2.14. The molecule has 1 aromatic carbocycles. The fraction of sp³-hybridized carbons (Fsp3) is 0.235. The predicted octanol–water partition coefficient (Wildman–Crippen LogP) is 2.83. The van der Waals surface area contributed by atoms with Gasteiger partial charge in [0.25, 0.3) is 0 Å². The lowest BCUT2D eigenvalue weighted by Crippen LogP contribution is -2.04. The molecule has 1 atom stereocenters. The first-order valence-corrected chi connectivity index (χ1v) is 8.64. The number of imidazole rings is 1. The Labute approximate surface area is 132 Å². The van der Waals surface area contributed by atoms with E-state index in [-0.39, 0.29) is 0 Å². The van der Waals surface area contributed by atoms with Crippen molar-refractivity contribution in [3.05, 3.63) is 66.1 Å². The summed E-state index contributed by atoms with van der Waals surface area (Å²) < 4.78 is 19.3. The minimum atomic E-state index is -0.912. The SMILES string of the molecule is COc1ccc(CC[S@@](=O)Cc2cn3ccccc3n2)cc1. The van der Waals surface area contributed by atoms with Crippen LogP contribution >= 0.6 is 0 Å². The first-order chi connectivity index (χ1) is 10.7. The molecule has 0 amide bonds. The number of benzene rings is 1. The molecular formula is C17H18N2O2S. The number of ether oxygens (including phenoxy) is 1. The largest absolute Gasteiger partial charge is 0.497 e. The molecule has 0 N–H and O–H groups in total. The van der Waals surface area contributed by atoms with Crippen LogP contribution in [0.4, 0.5) is 0 Å². The summed E-state index contributed by atoms with van der Waals surface area (Å²) >= 11 is 0. The van der Waals surface area contributed by atoms with E-state index in [0.717, 1.165) is 23.5 Å². The Balaban J connectivity index is 1.57. The zero-order valence-corrected chi connectivity index (χ0v) is 13.3. The lowest BCUT2D eigenvalue weighted by molar-refractivity contribution is 0.414. The zero-order chi connectivity index (χ0) is 15.4. The van der Waals surface area contributed by atoms with Gasteiger partial charge < -0.3 is 9.14 Å². The van der Waals surface area contributed by atoms with E-state index in [1.165, 1.54) is 5.56 Å². The van der Waals surface area contributed by atoms with Gasteiger partial charge in [-0.25, -0.2) is 4.98 Å². The highest BCUT2D eigenvalue weighted by Crippen LogP contribution is 2.13. The number of hydrogen-bond acceptors (Lipinski definition) is 3. The van der Waals surface area contributed by atoms with Gasteiger partial charge in [0.05, 0.1) is 18.6 Å². The third-order valence-corrected chi connectivity index (χ3v) is 4.78. The quantitative estimate of drug-likeness (QED) is 0.703. The number of aryl methyl sites for hydroxylation is 1. The van der Waals surface area contributed by atoms with E-state index < -0.39 is 10.8 Å². The number of methoxy groups -OCH3 is 1. The summed E-state index contributed by atoms with van der Waals surface area (Å²) in [6.45, 7) is 0. The fourth-order valence-corrected chi connectivity index (χ4v) is 3.39. The molecule has 3 rings (SSSR count). The second-order valence-corrected chi connectivity index (χ2v) is 6.66. The van der Waals surface area contributed by atoms with Crippen LogP contribution < -0.4 is 4.74 Å². The Kier molecular flexibility index (Phi) is 4.53. The normalized spacial score (nSPS) is 12.4. The van der Waals surface area contributed by atoms with Crippen LogP contribution in [0.5, 0.6) is 5.75 Å². The number of pyridine rings is 1. The van der Waals surface area contributed by atoms with E-state index in [1.807, 2.05) is 59.3 Å². The molecule has 0 fully saturated rings. The maximum Gasteiger partial charge on any atom is 0.137 e. The van der Waals surface area contributed by atoms with Crippen LogP contribution in [0.1, 0.15) is 11.3 Å². The highest BCUT2D eigenvalue weighted by Gasteiger charge is 2.07. The van der Waals surface area contributed by atoms with Crippen molar-refractivity contribution in [2.75, 3.05) is 12.9 Å². The molecule has 2 aromatic heterocycles. The summed E-state index contributed by atoms with van der Waals surface area (Å²) in [7, 11) is 0.739. The van der Waals surface area contributed by atoms with Crippen molar-refractivity contribution in [1.82, 2.24) is 9.38 Å². The van der Waals surface area contributed by atoms with E-state index in [0.29, 0.717) is 11.5 Å². The second kappa shape index (κ2) is 6.75. The van der Waals surface area contributed by atoms with Crippen molar-refractivity contribution < 1.29 is 8.95 Å². The second-order valence-electron chi connectivity index (χ2n) is 5.08. The third kappa shape index (κ3) is 3.54. The minimum Gasteiger partial charge on any atom is -0.497 e. The van der Waals surface area contributed by atoms with Gasteiger partial charge in [0, 0.05) is 28.9 Å². The minimum absolute atomic E-state index is 0.498. The Bertz CT molecular complexity index is 748. The molecule has 0 aliphatic carbocycles. The van der Waals surface area contributed by atoms with Crippen LogP contribution in [0.15, 0.2) is 54.9 Å². The standard InChI is InChI=1S/C17H18N2O2S/c1-21-16-7-5-14(6-8-16)9-11-22(20)13-15-12-19-10-3-2-4-17(19)18-15/h2-8,10,12H,9,11,13H2,1H3/t22-/m1/s1. The van der Waals surface area contributed by atoms with E-state index in [4.69, 9.17) is 4.74 Å². The van der Waals surface area contributed by atoms with Crippen molar-refractivity contribution in [3.8, 4) is 5.75 Å². The summed E-state index contributed by atoms with van der Waals surface area (Å²) in [5.41, 5.74) is 2.94. The molecular weight excluding hydrogens is 296 g/mol. The van der Waals surface area contributed by atoms with Crippen molar-refractivity contribution in [3.63, 3.8) is 0 Å². The highest BCUT2D eigenvalue weighted by atomic mass is 32.2. The fourth-order valence-electron chi connectivity index (χ4n) is 2.32. The van der Waals surface area contributed by atoms with E-state index >= 15 is 0 Å². The van der Waals surface area contributed by atoms with E-state index in [2.05, 4.69) is 4.98 Å². The van der Waals surface area contributed by atoms with Crippen LogP contribution in [0.2, 0.25) is 0 Å². The van der Waals surface area contributed by atoms with Gasteiger partial charge in [-0.2, -0.15) is 0 Å². The number of fused-ring (bicyclic) bond motifs is 1. The van der Waals surface area contributed by atoms with Crippen LogP contribution in [0.25, 0.3) is 5.65 Å². The summed E-state index contributed by atoms with van der Waals surface area (Å²) in [6.07, 6.45) is 4.69. The number of nitrogens with zero attached hydrogens (tertiary/aromatic N) is 2. The van der Waals surface area contributed by atoms with Crippen molar-refractivity contribution in [2.45, 2.75) is 12.2 Å². The van der Waals surface area contributed by atoms with Gasteiger partial charge in [0.1, 0.15) is 11.4 Å². The molecule has 0 spiro atoms. The lowest BCUT2D eigenvalue weighted by Gasteiger charge is -2.03. The maximum absolute atomic E-state index is 12.2. The van der Waals surface area contributed by atoms with Gasteiger partial charge in [-0.3, -0.25) is 4.21 Å². The molecule has 114 valence electrons. The van der Waals surface area contributed by atoms with Gasteiger partial charge >= 0.3 is 0 Å². The van der Waals surface area contributed by atoms with Gasteiger partial charge in [-0.15, -0.1) is 0 Å². The van der Waals surface area contributed by atoms with Crippen LogP contribution in [0, 0.1) is 0 Å². The van der Waals surface area contributed by atoms with E-state index in [9.17, 15) is 4.21 Å². The van der Waals surface area contributed by atoms with Crippen LogP contribution in [-0.2, 0) is 23.0 Å². The van der Waals surface area contributed by atoms with Crippen molar-refractivity contribution >= 4 is 16.4 Å². The summed E-state index contributed by atoms with van der Waals surface area (Å²) in [6, 6.07) is 13.7. The average Bonchev–Trinajstić information content (AvgIpc) is 2.95. The topological polar surface area (TPSA) is 43.6 Å². The molecule has 0 aliphatic heterocycles. The molecule has 2 heterocycles. The molecule has 3 aromatic rings. The summed E-state index contributed by atoms with van der Waals surface area (Å²) in [5.74, 6) is 1.98. The number of hydrogen-bond donors (Lipinski definition) is 0. The molecule has 0 bridgehead atoms. The molecule has 0 saturated carbocycles. The number of aromatic nitrogens is 2.